The van der Waals surface area contributed by atoms with Crippen LogP contribution in [0.25, 0.3) is 10.2 Å². The topological polar surface area (TPSA) is 106 Å². The summed E-state index contributed by atoms with van der Waals surface area (Å²) >= 11 is 1.41. The molecule has 0 aliphatic heterocycles. The Morgan fingerprint density at radius 1 is 1.27 bits per heavy atom. The lowest BCUT2D eigenvalue weighted by atomic mass is 10.3. The van der Waals surface area contributed by atoms with Crippen LogP contribution in [0.3, 0.4) is 0 Å². The molecule has 8 nitrogen and oxygen atoms in total. The van der Waals surface area contributed by atoms with E-state index in [-0.39, 0.29) is 17.3 Å². The number of hydrogen-bond donors (Lipinski definition) is 2. The molecule has 0 aliphatic carbocycles. The average Bonchev–Trinajstić information content (AvgIpc) is 2.89. The van der Waals surface area contributed by atoms with Crippen LogP contribution >= 0.6 is 11.3 Å². The standard InChI is InChI=1S/C13H12N6O2S/c1-2-14-11-10(19(20)21)12(16-7-15-11)18-13-17-8-5-3-4-6-9(8)22-13/h3-7H,2H2,1H3,(H2,14,15,16,17,18). The first-order chi connectivity index (χ1) is 10.7. The minimum atomic E-state index is -0.506. The molecule has 0 bridgehead atoms. The monoisotopic (exact) mass is 316 g/mol. The van der Waals surface area contributed by atoms with Crippen molar-refractivity contribution in [3.05, 3.63) is 40.7 Å². The molecule has 0 atom stereocenters. The molecule has 2 N–H and O–H groups in total. The fraction of sp³-hybridized carbons (Fsp3) is 0.154. The van der Waals surface area contributed by atoms with Gasteiger partial charge in [0.1, 0.15) is 6.33 Å². The summed E-state index contributed by atoms with van der Waals surface area (Å²) in [5.74, 6) is 0.307. The Labute approximate surface area is 129 Å². The number of nitrogens with one attached hydrogen (secondary N) is 2. The van der Waals surface area contributed by atoms with Crippen LogP contribution in [0.5, 0.6) is 0 Å². The lowest BCUT2D eigenvalue weighted by molar-refractivity contribution is -0.383. The first-order valence-corrected chi connectivity index (χ1v) is 7.36. The van der Waals surface area contributed by atoms with Gasteiger partial charge >= 0.3 is 5.69 Å². The summed E-state index contributed by atoms with van der Waals surface area (Å²) < 4.78 is 0.994. The number of fused-ring (bicyclic) bond motifs is 1. The Hall–Kier alpha value is -2.81. The summed E-state index contributed by atoms with van der Waals surface area (Å²) in [5, 5.41) is 17.6. The molecule has 0 saturated carbocycles. The minimum absolute atomic E-state index is 0.120. The lowest BCUT2D eigenvalue weighted by Gasteiger charge is -2.06. The smallest absolute Gasteiger partial charge is 0.353 e. The minimum Gasteiger partial charge on any atom is -0.364 e. The molecule has 0 radical (unpaired) electrons. The zero-order valence-corrected chi connectivity index (χ0v) is 12.4. The summed E-state index contributed by atoms with van der Waals surface area (Å²) in [6.07, 6.45) is 1.28. The molecular weight excluding hydrogens is 304 g/mol. The highest BCUT2D eigenvalue weighted by Gasteiger charge is 2.23. The highest BCUT2D eigenvalue weighted by atomic mass is 32.1. The van der Waals surface area contributed by atoms with Crippen molar-refractivity contribution in [2.24, 2.45) is 0 Å². The van der Waals surface area contributed by atoms with Gasteiger partial charge in [0.25, 0.3) is 0 Å². The van der Waals surface area contributed by atoms with Crippen LogP contribution in [0.2, 0.25) is 0 Å². The summed E-state index contributed by atoms with van der Waals surface area (Å²) in [4.78, 5) is 23.1. The number of para-hydroxylation sites is 1. The normalized spacial score (nSPS) is 10.6. The van der Waals surface area contributed by atoms with Crippen molar-refractivity contribution in [3.63, 3.8) is 0 Å². The molecule has 0 unspecified atom stereocenters. The van der Waals surface area contributed by atoms with Gasteiger partial charge in [0.15, 0.2) is 5.13 Å². The molecule has 0 saturated heterocycles. The summed E-state index contributed by atoms with van der Waals surface area (Å²) in [6.45, 7) is 2.37. The Balaban J connectivity index is 2.00. The van der Waals surface area contributed by atoms with E-state index in [4.69, 9.17) is 0 Å². The molecule has 112 valence electrons. The second kappa shape index (κ2) is 5.90. The average molecular weight is 316 g/mol. The maximum absolute atomic E-state index is 11.3. The lowest BCUT2D eigenvalue weighted by Crippen LogP contribution is -2.07. The van der Waals surface area contributed by atoms with E-state index < -0.39 is 4.92 Å². The number of aromatic nitrogens is 3. The van der Waals surface area contributed by atoms with Crippen molar-refractivity contribution in [1.82, 2.24) is 15.0 Å². The third-order valence-corrected chi connectivity index (χ3v) is 3.82. The van der Waals surface area contributed by atoms with Gasteiger partial charge in [0, 0.05) is 6.54 Å². The van der Waals surface area contributed by atoms with Crippen LogP contribution in [0.1, 0.15) is 6.92 Å². The second-order valence-corrected chi connectivity index (χ2v) is 5.35. The van der Waals surface area contributed by atoms with Crippen molar-refractivity contribution in [3.8, 4) is 0 Å². The van der Waals surface area contributed by atoms with E-state index in [1.54, 1.807) is 0 Å². The Kier molecular flexibility index (Phi) is 3.79. The largest absolute Gasteiger partial charge is 0.364 e. The number of anilines is 3. The number of nitro groups is 1. The molecule has 3 rings (SSSR count). The molecule has 0 fully saturated rings. The molecular formula is C13H12N6O2S. The van der Waals surface area contributed by atoms with Crippen LogP contribution in [0.15, 0.2) is 30.6 Å². The highest BCUT2D eigenvalue weighted by molar-refractivity contribution is 7.22. The summed E-state index contributed by atoms with van der Waals surface area (Å²) in [5.41, 5.74) is 0.641. The van der Waals surface area contributed by atoms with Crippen molar-refractivity contribution in [1.29, 1.82) is 0 Å². The third kappa shape index (κ3) is 2.66. The number of thiazole rings is 1. The van der Waals surface area contributed by atoms with Crippen LogP contribution in [0, 0.1) is 10.1 Å². The SMILES string of the molecule is CCNc1ncnc(Nc2nc3ccccc3s2)c1[N+](=O)[O-]. The second-order valence-electron chi connectivity index (χ2n) is 4.32. The zero-order chi connectivity index (χ0) is 15.5. The van der Waals surface area contributed by atoms with Crippen LogP contribution in [0.4, 0.5) is 22.5 Å². The summed E-state index contributed by atoms with van der Waals surface area (Å²) in [6, 6.07) is 7.63. The molecule has 0 amide bonds. The molecule has 9 heteroatoms. The van der Waals surface area contributed by atoms with E-state index >= 15 is 0 Å². The van der Waals surface area contributed by atoms with Gasteiger partial charge in [-0.15, -0.1) is 0 Å². The zero-order valence-electron chi connectivity index (χ0n) is 11.6. The molecule has 22 heavy (non-hydrogen) atoms. The van der Waals surface area contributed by atoms with Crippen molar-refractivity contribution in [2.45, 2.75) is 6.92 Å². The highest BCUT2D eigenvalue weighted by Crippen LogP contribution is 2.33. The molecule has 2 heterocycles. The van der Waals surface area contributed by atoms with E-state index in [1.807, 2.05) is 31.2 Å². The van der Waals surface area contributed by atoms with Crippen LogP contribution in [-0.4, -0.2) is 26.4 Å². The fourth-order valence-electron chi connectivity index (χ4n) is 1.97. The van der Waals surface area contributed by atoms with Gasteiger partial charge in [-0.25, -0.2) is 15.0 Å². The van der Waals surface area contributed by atoms with Crippen molar-refractivity contribution in [2.75, 3.05) is 17.2 Å². The van der Waals surface area contributed by atoms with Gasteiger partial charge in [0.05, 0.1) is 15.1 Å². The Morgan fingerprint density at radius 3 is 2.77 bits per heavy atom. The predicted molar refractivity (Wildman–Crippen MR) is 85.8 cm³/mol. The number of benzene rings is 1. The number of nitrogens with zero attached hydrogens (tertiary/aromatic N) is 4. The predicted octanol–water partition coefficient (Wildman–Crippen LogP) is 3.17. The fourth-order valence-corrected chi connectivity index (χ4v) is 2.83. The molecule has 1 aromatic carbocycles. The van der Waals surface area contributed by atoms with Crippen LogP contribution < -0.4 is 10.6 Å². The van der Waals surface area contributed by atoms with E-state index in [0.717, 1.165) is 10.2 Å². The van der Waals surface area contributed by atoms with Gasteiger partial charge in [-0.1, -0.05) is 23.5 Å². The van der Waals surface area contributed by atoms with Crippen LogP contribution in [-0.2, 0) is 0 Å². The molecule has 2 aromatic heterocycles. The van der Waals surface area contributed by atoms with E-state index in [1.165, 1.54) is 17.7 Å². The van der Waals surface area contributed by atoms with Crippen molar-refractivity contribution >= 4 is 44.0 Å². The van der Waals surface area contributed by atoms with Gasteiger partial charge < -0.3 is 10.6 Å². The maximum Gasteiger partial charge on any atom is 0.353 e. The van der Waals surface area contributed by atoms with Gasteiger partial charge in [-0.3, -0.25) is 10.1 Å². The number of rotatable bonds is 5. The first-order valence-electron chi connectivity index (χ1n) is 6.55. The Bertz CT molecular complexity index is 801. The first kappa shape index (κ1) is 14.1. The third-order valence-electron chi connectivity index (χ3n) is 2.87. The molecule has 3 aromatic rings. The Morgan fingerprint density at radius 2 is 2.05 bits per heavy atom. The van der Waals surface area contributed by atoms with Crippen molar-refractivity contribution < 1.29 is 4.92 Å². The summed E-state index contributed by atoms with van der Waals surface area (Å²) in [7, 11) is 0. The number of hydrogen-bond acceptors (Lipinski definition) is 8. The van der Waals surface area contributed by atoms with Gasteiger partial charge in [-0.2, -0.15) is 0 Å². The van der Waals surface area contributed by atoms with Gasteiger partial charge in [-0.05, 0) is 19.1 Å². The molecule has 0 spiro atoms. The quantitative estimate of drug-likeness (QED) is 0.550. The van der Waals surface area contributed by atoms with E-state index in [2.05, 4.69) is 25.6 Å². The van der Waals surface area contributed by atoms with E-state index in [9.17, 15) is 10.1 Å². The van der Waals surface area contributed by atoms with Gasteiger partial charge in [0.2, 0.25) is 11.6 Å². The van der Waals surface area contributed by atoms with E-state index in [0.29, 0.717) is 11.7 Å². The maximum atomic E-state index is 11.3. The molecule has 0 aliphatic rings.